The highest BCUT2D eigenvalue weighted by Gasteiger charge is 2.54. The summed E-state index contributed by atoms with van der Waals surface area (Å²) < 4.78 is 40.7. The zero-order chi connectivity index (χ0) is 32.7. The van der Waals surface area contributed by atoms with Crippen LogP contribution in [0.5, 0.6) is 0 Å². The second-order valence-electron chi connectivity index (χ2n) is 9.37. The molecule has 1 saturated heterocycles. The standard InChI is InChI=1S/C25H30F2N6O9S2/c1-10(2)40-25(38)42-12(4)41-23(37)18-13(6-7-15(26)27)8-43-22-17(21(36)33(18)22)30-20(35)16(32-39-5)14-9-44-24(29-14)31-19(34)11(3)28/h6-7,9-12,15,17,22H,8,28H2,1-5H3,(H,30,35)(H,29,31,34)/b7-6-,32-16-/t11-,12?,17+,22+/m0/s1. The molecule has 1 aromatic rings. The smallest absolute Gasteiger partial charge is 0.431 e. The van der Waals surface area contributed by atoms with E-state index in [0.717, 1.165) is 34.1 Å². The zero-order valence-corrected chi connectivity index (χ0v) is 25.7. The number of amides is 3. The predicted octanol–water partition coefficient (Wildman–Crippen LogP) is 1.71. The zero-order valence-electron chi connectivity index (χ0n) is 24.1. The first-order valence-corrected chi connectivity index (χ1v) is 14.8. The molecule has 0 spiro atoms. The Morgan fingerprint density at radius 2 is 1.89 bits per heavy atom. The number of nitrogens with zero attached hydrogens (tertiary/aromatic N) is 3. The molecular formula is C25H30F2N6O9S2. The summed E-state index contributed by atoms with van der Waals surface area (Å²) in [5.41, 5.74) is 4.96. The molecule has 1 aromatic heterocycles. The van der Waals surface area contributed by atoms with E-state index in [4.69, 9.17) is 24.8 Å². The molecule has 44 heavy (non-hydrogen) atoms. The van der Waals surface area contributed by atoms with Gasteiger partial charge in [-0.2, -0.15) is 0 Å². The second kappa shape index (κ2) is 15.1. The fourth-order valence-corrected chi connectivity index (χ4v) is 5.72. The fourth-order valence-electron chi connectivity index (χ4n) is 3.70. The van der Waals surface area contributed by atoms with Crippen LogP contribution in [0.4, 0.5) is 18.7 Å². The van der Waals surface area contributed by atoms with Gasteiger partial charge in [-0.15, -0.1) is 23.1 Å². The predicted molar refractivity (Wildman–Crippen MR) is 153 cm³/mol. The Hall–Kier alpha value is -4.10. The number of hydrogen-bond donors (Lipinski definition) is 3. The SMILES string of the molecule is CO/N=C(\C(=O)N[C@@H]1C(=O)N2C(C(=O)OC(C)OC(=O)OC(C)C)=C(/C=C\C(F)F)CS[C@H]12)c1csc(NC(=O)[C@H](C)N)n1. The van der Waals surface area contributed by atoms with Crippen molar-refractivity contribution in [3.05, 3.63) is 34.5 Å². The number of thiazole rings is 1. The molecule has 0 radical (unpaired) electrons. The number of ether oxygens (including phenoxy) is 3. The van der Waals surface area contributed by atoms with E-state index in [1.807, 2.05) is 0 Å². The largest absolute Gasteiger partial charge is 0.511 e. The van der Waals surface area contributed by atoms with Crippen LogP contribution in [0.15, 0.2) is 34.0 Å². The summed E-state index contributed by atoms with van der Waals surface area (Å²) in [5.74, 6) is -3.25. The lowest BCUT2D eigenvalue weighted by atomic mass is 10.0. The number of halogens is 2. The minimum Gasteiger partial charge on any atom is -0.431 e. The van der Waals surface area contributed by atoms with Gasteiger partial charge in [0.05, 0.1) is 12.1 Å². The van der Waals surface area contributed by atoms with Gasteiger partial charge in [0.1, 0.15) is 29.9 Å². The van der Waals surface area contributed by atoms with Crippen molar-refractivity contribution >= 4 is 63.8 Å². The van der Waals surface area contributed by atoms with E-state index in [1.165, 1.54) is 26.3 Å². The molecule has 3 heterocycles. The maximum atomic E-state index is 13.3. The third-order valence-corrected chi connectivity index (χ3v) is 7.64. The number of rotatable bonds is 12. The van der Waals surface area contributed by atoms with Crippen LogP contribution in [0.2, 0.25) is 0 Å². The number of oxime groups is 1. The van der Waals surface area contributed by atoms with Gasteiger partial charge in [0, 0.05) is 18.1 Å². The lowest BCUT2D eigenvalue weighted by Gasteiger charge is -2.49. The van der Waals surface area contributed by atoms with Gasteiger partial charge in [0.25, 0.3) is 18.2 Å². The molecule has 15 nitrogen and oxygen atoms in total. The molecule has 0 aliphatic carbocycles. The first kappa shape index (κ1) is 34.4. The van der Waals surface area contributed by atoms with E-state index in [0.29, 0.717) is 6.08 Å². The molecule has 4 N–H and O–H groups in total. The van der Waals surface area contributed by atoms with Crippen LogP contribution in [0.1, 0.15) is 33.4 Å². The first-order chi connectivity index (χ1) is 20.7. The summed E-state index contributed by atoms with van der Waals surface area (Å²) in [4.78, 5) is 73.1. The Morgan fingerprint density at radius 1 is 1.18 bits per heavy atom. The number of β-lactam (4-membered cyclic amide) rings is 1. The number of fused-ring (bicyclic) bond motifs is 1. The van der Waals surface area contributed by atoms with E-state index in [9.17, 15) is 32.8 Å². The molecule has 1 unspecified atom stereocenters. The highest BCUT2D eigenvalue weighted by atomic mass is 32.2. The monoisotopic (exact) mass is 660 g/mol. The number of esters is 1. The van der Waals surface area contributed by atoms with Crippen molar-refractivity contribution in [1.82, 2.24) is 15.2 Å². The van der Waals surface area contributed by atoms with Gasteiger partial charge in [-0.05, 0) is 32.4 Å². The number of thioether (sulfide) groups is 1. The van der Waals surface area contributed by atoms with Gasteiger partial charge in [-0.3, -0.25) is 19.3 Å². The van der Waals surface area contributed by atoms with Gasteiger partial charge in [0.2, 0.25) is 12.2 Å². The molecule has 240 valence electrons. The van der Waals surface area contributed by atoms with Crippen molar-refractivity contribution < 1.29 is 51.8 Å². The maximum Gasteiger partial charge on any atom is 0.511 e. The number of carbonyl (C=O) groups excluding carboxylic acids is 5. The number of nitrogens with two attached hydrogens (primary N) is 1. The molecule has 4 atom stereocenters. The summed E-state index contributed by atoms with van der Waals surface area (Å²) >= 11 is 2.09. The van der Waals surface area contributed by atoms with Crippen LogP contribution in [-0.4, -0.2) is 94.6 Å². The fraction of sp³-hybridized carbons (Fsp3) is 0.480. The van der Waals surface area contributed by atoms with E-state index < -0.39 is 66.1 Å². The van der Waals surface area contributed by atoms with Gasteiger partial charge in [0.15, 0.2) is 10.8 Å². The second-order valence-corrected chi connectivity index (χ2v) is 11.3. The van der Waals surface area contributed by atoms with E-state index >= 15 is 0 Å². The molecule has 0 saturated carbocycles. The first-order valence-electron chi connectivity index (χ1n) is 12.9. The lowest BCUT2D eigenvalue weighted by molar-refractivity contribution is -0.169. The van der Waals surface area contributed by atoms with E-state index in [1.54, 1.807) is 13.8 Å². The maximum absolute atomic E-state index is 13.3. The molecule has 3 amide bonds. The third kappa shape index (κ3) is 8.50. The summed E-state index contributed by atoms with van der Waals surface area (Å²) in [7, 11) is 1.19. The minimum atomic E-state index is -2.84. The number of allylic oxidation sites excluding steroid dienone is 2. The van der Waals surface area contributed by atoms with Crippen molar-refractivity contribution in [2.24, 2.45) is 10.9 Å². The topological polar surface area (TPSA) is 201 Å². The Kier molecular flexibility index (Phi) is 11.8. The van der Waals surface area contributed by atoms with Crippen molar-refractivity contribution in [2.75, 3.05) is 18.2 Å². The van der Waals surface area contributed by atoms with Crippen LogP contribution in [0.3, 0.4) is 0 Å². The number of aromatic nitrogens is 1. The van der Waals surface area contributed by atoms with Gasteiger partial charge in [-0.25, -0.2) is 23.4 Å². The lowest BCUT2D eigenvalue weighted by Crippen LogP contribution is -2.71. The van der Waals surface area contributed by atoms with Gasteiger partial charge in [-0.1, -0.05) is 11.2 Å². The molecule has 19 heteroatoms. The number of alkyl halides is 2. The normalized spacial score (nSPS) is 19.7. The van der Waals surface area contributed by atoms with Crippen LogP contribution in [-0.2, 0) is 38.2 Å². The molecule has 0 bridgehead atoms. The minimum absolute atomic E-state index is 0.00712. The molecule has 2 aliphatic heterocycles. The van der Waals surface area contributed by atoms with Crippen LogP contribution in [0, 0.1) is 0 Å². The van der Waals surface area contributed by atoms with Crippen LogP contribution < -0.4 is 16.4 Å². The summed E-state index contributed by atoms with van der Waals surface area (Å²) in [6.07, 6.45) is -4.37. The molecule has 1 fully saturated rings. The third-order valence-electron chi connectivity index (χ3n) is 5.58. The van der Waals surface area contributed by atoms with Crippen LogP contribution >= 0.6 is 23.1 Å². The Bertz CT molecular complexity index is 1380. The van der Waals surface area contributed by atoms with Crippen molar-refractivity contribution in [3.63, 3.8) is 0 Å². The van der Waals surface area contributed by atoms with Gasteiger partial charge >= 0.3 is 12.1 Å². The average Bonchev–Trinajstić information content (AvgIpc) is 3.39. The number of anilines is 1. The molecular weight excluding hydrogens is 630 g/mol. The summed E-state index contributed by atoms with van der Waals surface area (Å²) in [5, 5.41) is 9.44. The van der Waals surface area contributed by atoms with E-state index in [-0.39, 0.29) is 33.6 Å². The number of carbonyl (C=O) groups is 5. The quantitative estimate of drug-likeness (QED) is 0.0965. The van der Waals surface area contributed by atoms with E-state index in [2.05, 4.69) is 20.8 Å². The van der Waals surface area contributed by atoms with Crippen molar-refractivity contribution in [2.45, 2.75) is 64.0 Å². The van der Waals surface area contributed by atoms with Crippen molar-refractivity contribution in [3.8, 4) is 0 Å². The van der Waals surface area contributed by atoms with Gasteiger partial charge < -0.3 is 35.4 Å². The van der Waals surface area contributed by atoms with Crippen LogP contribution in [0.25, 0.3) is 0 Å². The molecule has 0 aromatic carbocycles. The van der Waals surface area contributed by atoms with Crippen molar-refractivity contribution in [1.29, 1.82) is 0 Å². The Morgan fingerprint density at radius 3 is 2.50 bits per heavy atom. The number of hydrogen-bond acceptors (Lipinski definition) is 14. The average molecular weight is 661 g/mol. The summed E-state index contributed by atoms with van der Waals surface area (Å²) in [6, 6.07) is -1.97. The summed E-state index contributed by atoms with van der Waals surface area (Å²) in [6.45, 7) is 5.87. The Labute approximate surface area is 258 Å². The Balaban J connectivity index is 1.78. The molecule has 3 rings (SSSR count). The molecule has 2 aliphatic rings. The highest BCUT2D eigenvalue weighted by molar-refractivity contribution is 8.00. The number of nitrogens with one attached hydrogen (secondary N) is 2. The highest BCUT2D eigenvalue weighted by Crippen LogP contribution is 2.41.